The summed E-state index contributed by atoms with van der Waals surface area (Å²) in [6, 6.07) is 6.57. The molecule has 0 radical (unpaired) electrons. The maximum atomic E-state index is 12.5. The summed E-state index contributed by atoms with van der Waals surface area (Å²) in [6.07, 6.45) is 4.96. The maximum absolute atomic E-state index is 12.5. The summed E-state index contributed by atoms with van der Waals surface area (Å²) >= 11 is 0. The molecule has 2 heterocycles. The van der Waals surface area contributed by atoms with Crippen LogP contribution < -0.4 is 10.1 Å². The van der Waals surface area contributed by atoms with E-state index in [1.807, 2.05) is 0 Å². The van der Waals surface area contributed by atoms with Gasteiger partial charge in [0.1, 0.15) is 12.1 Å². The van der Waals surface area contributed by atoms with Crippen molar-refractivity contribution < 1.29 is 13.2 Å². The minimum atomic E-state index is -3.43. The van der Waals surface area contributed by atoms with Gasteiger partial charge in [-0.2, -0.15) is 4.31 Å². The molecular weight excluding hydrogens is 316 g/mol. The Labute approximate surface area is 135 Å². The van der Waals surface area contributed by atoms with E-state index in [0.29, 0.717) is 25.4 Å². The van der Waals surface area contributed by atoms with Crippen LogP contribution in [0.1, 0.15) is 5.56 Å². The van der Waals surface area contributed by atoms with Gasteiger partial charge in [0.25, 0.3) is 0 Å². The summed E-state index contributed by atoms with van der Waals surface area (Å²) in [5, 5.41) is 3.30. The Hall–Kier alpha value is -2.03. The minimum Gasteiger partial charge on any atom is -0.497 e. The van der Waals surface area contributed by atoms with Crippen LogP contribution in [0, 0.1) is 0 Å². The zero-order valence-corrected chi connectivity index (χ0v) is 13.5. The van der Waals surface area contributed by atoms with Gasteiger partial charge in [0, 0.05) is 43.6 Å². The fourth-order valence-electron chi connectivity index (χ4n) is 2.34. The lowest BCUT2D eigenvalue weighted by molar-refractivity contribution is 0.225. The van der Waals surface area contributed by atoms with E-state index >= 15 is 0 Å². The minimum absolute atomic E-state index is 0.142. The Morgan fingerprint density at radius 2 is 1.87 bits per heavy atom. The van der Waals surface area contributed by atoms with Crippen LogP contribution in [-0.4, -0.2) is 48.9 Å². The third-order valence-electron chi connectivity index (χ3n) is 3.75. The van der Waals surface area contributed by atoms with E-state index in [-0.39, 0.29) is 10.9 Å². The first-order valence-electron chi connectivity index (χ1n) is 7.21. The Morgan fingerprint density at radius 1 is 1.22 bits per heavy atom. The molecule has 0 aliphatic carbocycles. The molecule has 1 N–H and O–H groups in total. The highest BCUT2D eigenvalue weighted by atomic mass is 32.2. The predicted molar refractivity (Wildman–Crippen MR) is 84.4 cm³/mol. The number of methoxy groups -OCH3 is 1. The lowest BCUT2D eigenvalue weighted by atomic mass is 10.2. The first-order chi connectivity index (χ1) is 11.1. The summed E-state index contributed by atoms with van der Waals surface area (Å²) in [7, 11) is -1.88. The number of aromatic nitrogens is 2. The molecule has 7 nitrogen and oxygen atoms in total. The fourth-order valence-corrected chi connectivity index (χ4v) is 3.87. The number of nitrogens with zero attached hydrogens (tertiary/aromatic N) is 3. The number of benzene rings is 1. The van der Waals surface area contributed by atoms with Crippen molar-refractivity contribution in [3.05, 3.63) is 48.5 Å². The van der Waals surface area contributed by atoms with Gasteiger partial charge in [0.05, 0.1) is 12.0 Å². The molecule has 1 aromatic heterocycles. The van der Waals surface area contributed by atoms with Crippen molar-refractivity contribution in [3.63, 3.8) is 0 Å². The lowest BCUT2D eigenvalue weighted by Crippen LogP contribution is -2.59. The Morgan fingerprint density at radius 3 is 2.48 bits per heavy atom. The molecule has 122 valence electrons. The van der Waals surface area contributed by atoms with Gasteiger partial charge in [-0.3, -0.25) is 0 Å². The molecule has 0 bridgehead atoms. The van der Waals surface area contributed by atoms with Gasteiger partial charge >= 0.3 is 0 Å². The summed E-state index contributed by atoms with van der Waals surface area (Å²) < 4.78 is 31.5. The summed E-state index contributed by atoms with van der Waals surface area (Å²) in [6.45, 7) is 1.55. The van der Waals surface area contributed by atoms with Crippen molar-refractivity contribution in [2.45, 2.75) is 17.5 Å². The van der Waals surface area contributed by atoms with Crippen LogP contribution >= 0.6 is 0 Å². The van der Waals surface area contributed by atoms with Crippen LogP contribution in [-0.2, 0) is 16.6 Å². The molecule has 0 saturated carbocycles. The highest BCUT2D eigenvalue weighted by Gasteiger charge is 2.36. The number of hydrogen-bond acceptors (Lipinski definition) is 6. The van der Waals surface area contributed by atoms with Crippen molar-refractivity contribution >= 4 is 10.0 Å². The number of hydrogen-bond donors (Lipinski definition) is 1. The second-order valence-corrected chi connectivity index (χ2v) is 7.26. The zero-order chi connectivity index (χ0) is 16.3. The molecule has 1 saturated heterocycles. The molecule has 1 fully saturated rings. The van der Waals surface area contributed by atoms with Crippen LogP contribution in [0.2, 0.25) is 0 Å². The highest BCUT2D eigenvalue weighted by Crippen LogP contribution is 2.23. The molecule has 0 atom stereocenters. The van der Waals surface area contributed by atoms with Crippen LogP contribution in [0.4, 0.5) is 0 Å². The average molecular weight is 334 g/mol. The van der Waals surface area contributed by atoms with Crippen LogP contribution in [0.25, 0.3) is 0 Å². The van der Waals surface area contributed by atoms with Crippen molar-refractivity contribution in [1.82, 2.24) is 19.6 Å². The van der Waals surface area contributed by atoms with Crippen LogP contribution in [0.15, 0.2) is 47.9 Å². The van der Waals surface area contributed by atoms with E-state index in [1.165, 1.54) is 10.6 Å². The Balaban J connectivity index is 1.55. The van der Waals surface area contributed by atoms with Crippen molar-refractivity contribution in [1.29, 1.82) is 0 Å². The third kappa shape index (κ3) is 3.49. The molecule has 0 amide bonds. The van der Waals surface area contributed by atoms with E-state index in [1.54, 1.807) is 43.8 Å². The molecule has 0 unspecified atom stereocenters. The van der Waals surface area contributed by atoms with Crippen molar-refractivity contribution in [3.8, 4) is 5.75 Å². The zero-order valence-electron chi connectivity index (χ0n) is 12.7. The first kappa shape index (κ1) is 15.9. The fraction of sp³-hybridized carbons (Fsp3) is 0.333. The molecule has 23 heavy (non-hydrogen) atoms. The lowest BCUT2D eigenvalue weighted by Gasteiger charge is -2.38. The molecular formula is C15H18N4O3S. The normalized spacial score (nSPS) is 16.0. The Bertz CT molecular complexity index is 744. The van der Waals surface area contributed by atoms with Gasteiger partial charge in [-0.15, -0.1) is 0 Å². The van der Waals surface area contributed by atoms with E-state index in [2.05, 4.69) is 15.3 Å². The largest absolute Gasteiger partial charge is 0.497 e. The number of sulfonamides is 1. The van der Waals surface area contributed by atoms with Gasteiger partial charge in [0.15, 0.2) is 0 Å². The van der Waals surface area contributed by atoms with Gasteiger partial charge in [-0.05, 0) is 24.3 Å². The van der Waals surface area contributed by atoms with Crippen molar-refractivity contribution in [2.24, 2.45) is 0 Å². The number of rotatable bonds is 6. The third-order valence-corrected chi connectivity index (χ3v) is 5.60. The highest BCUT2D eigenvalue weighted by molar-refractivity contribution is 7.89. The average Bonchev–Trinajstić information content (AvgIpc) is 2.54. The second kappa shape index (κ2) is 6.61. The monoisotopic (exact) mass is 334 g/mol. The molecule has 3 rings (SSSR count). The van der Waals surface area contributed by atoms with E-state index < -0.39 is 10.0 Å². The van der Waals surface area contributed by atoms with Gasteiger partial charge < -0.3 is 10.1 Å². The second-order valence-electron chi connectivity index (χ2n) is 5.32. The van der Waals surface area contributed by atoms with E-state index in [0.717, 1.165) is 5.56 Å². The molecule has 0 spiro atoms. The van der Waals surface area contributed by atoms with Crippen LogP contribution in [0.3, 0.4) is 0 Å². The standard InChI is InChI=1S/C15H18N4O3S/c1-22-14-2-4-15(5-3-14)23(20,21)19-9-13(10-19)18-8-12-6-16-11-17-7-12/h2-7,11,13,18H,8-10H2,1H3. The van der Waals surface area contributed by atoms with Crippen molar-refractivity contribution in [2.75, 3.05) is 20.2 Å². The SMILES string of the molecule is COc1ccc(S(=O)(=O)N2CC(NCc3cncnc3)C2)cc1. The molecule has 1 aliphatic rings. The topological polar surface area (TPSA) is 84.4 Å². The summed E-state index contributed by atoms with van der Waals surface area (Å²) in [5.41, 5.74) is 0.976. The smallest absolute Gasteiger partial charge is 0.243 e. The van der Waals surface area contributed by atoms with Gasteiger partial charge in [-0.1, -0.05) is 0 Å². The van der Waals surface area contributed by atoms with E-state index in [9.17, 15) is 8.42 Å². The van der Waals surface area contributed by atoms with Gasteiger partial charge in [0.2, 0.25) is 10.0 Å². The maximum Gasteiger partial charge on any atom is 0.243 e. The summed E-state index contributed by atoms with van der Waals surface area (Å²) in [4.78, 5) is 8.18. The van der Waals surface area contributed by atoms with Crippen LogP contribution in [0.5, 0.6) is 5.75 Å². The number of nitrogens with one attached hydrogen (secondary N) is 1. The predicted octanol–water partition coefficient (Wildman–Crippen LogP) is 0.648. The molecule has 1 aromatic carbocycles. The Kier molecular flexibility index (Phi) is 4.56. The molecule has 1 aliphatic heterocycles. The summed E-state index contributed by atoms with van der Waals surface area (Å²) in [5.74, 6) is 0.636. The quantitative estimate of drug-likeness (QED) is 0.835. The molecule has 2 aromatic rings. The first-order valence-corrected chi connectivity index (χ1v) is 8.65. The number of ether oxygens (including phenoxy) is 1. The van der Waals surface area contributed by atoms with Gasteiger partial charge in [-0.25, -0.2) is 18.4 Å². The molecule has 8 heteroatoms. The van der Waals surface area contributed by atoms with E-state index in [4.69, 9.17) is 4.74 Å².